The summed E-state index contributed by atoms with van der Waals surface area (Å²) in [5.41, 5.74) is 0. The first-order valence-corrected chi connectivity index (χ1v) is 9.00. The first kappa shape index (κ1) is 17.5. The van der Waals surface area contributed by atoms with Gasteiger partial charge in [-0.15, -0.1) is 0 Å². The molecule has 1 aliphatic heterocycles. The summed E-state index contributed by atoms with van der Waals surface area (Å²) in [6.45, 7) is 5.31. The zero-order valence-electron chi connectivity index (χ0n) is 14.7. The fourth-order valence-corrected chi connectivity index (χ4v) is 3.34. The second-order valence-corrected chi connectivity index (χ2v) is 6.64. The van der Waals surface area contributed by atoms with Gasteiger partial charge in [-0.3, -0.25) is 4.90 Å². The summed E-state index contributed by atoms with van der Waals surface area (Å²) in [7, 11) is 0. The summed E-state index contributed by atoms with van der Waals surface area (Å²) in [6.07, 6.45) is 10.7. The van der Waals surface area contributed by atoms with E-state index < -0.39 is 0 Å². The minimum atomic E-state index is -0.152. The Morgan fingerprint density at radius 3 is 2.88 bits per heavy atom. The largest absolute Gasteiger partial charge is 0.468 e. The number of imidazole rings is 1. The highest BCUT2D eigenvalue weighted by atomic mass is 16.3. The van der Waals surface area contributed by atoms with E-state index in [-0.39, 0.29) is 18.1 Å². The number of rotatable bonds is 7. The minimum absolute atomic E-state index is 0.0197. The Morgan fingerprint density at radius 1 is 1.36 bits per heavy atom. The molecule has 1 saturated heterocycles. The van der Waals surface area contributed by atoms with Crippen LogP contribution < -0.4 is 10.6 Å². The molecular weight excluding hydrogens is 318 g/mol. The average molecular weight is 345 g/mol. The molecular formula is C18H27N5O2. The Labute approximate surface area is 148 Å². The summed E-state index contributed by atoms with van der Waals surface area (Å²) in [5.74, 6) is 0.911. The number of hydrogen-bond donors (Lipinski definition) is 2. The van der Waals surface area contributed by atoms with Crippen LogP contribution in [-0.4, -0.2) is 46.2 Å². The van der Waals surface area contributed by atoms with Crippen molar-refractivity contribution in [1.29, 1.82) is 0 Å². The van der Waals surface area contributed by atoms with E-state index in [1.54, 1.807) is 18.8 Å². The van der Waals surface area contributed by atoms with Gasteiger partial charge in [-0.2, -0.15) is 0 Å². The second-order valence-electron chi connectivity index (χ2n) is 6.64. The van der Waals surface area contributed by atoms with Gasteiger partial charge in [0.15, 0.2) is 0 Å². The Balaban J connectivity index is 1.50. The van der Waals surface area contributed by atoms with Crippen molar-refractivity contribution in [1.82, 2.24) is 25.1 Å². The van der Waals surface area contributed by atoms with E-state index in [2.05, 4.69) is 20.5 Å². The molecule has 2 atom stereocenters. The third-order valence-electron chi connectivity index (χ3n) is 4.58. The molecule has 1 aliphatic rings. The van der Waals surface area contributed by atoms with Crippen LogP contribution >= 0.6 is 0 Å². The van der Waals surface area contributed by atoms with E-state index in [1.165, 1.54) is 19.3 Å². The molecule has 2 amide bonds. The maximum absolute atomic E-state index is 12.2. The number of carbonyl (C=O) groups excluding carboxylic acids is 1. The van der Waals surface area contributed by atoms with Crippen molar-refractivity contribution >= 4 is 6.03 Å². The number of nitrogens with zero attached hydrogens (tertiary/aromatic N) is 3. The summed E-state index contributed by atoms with van der Waals surface area (Å²) in [4.78, 5) is 18.7. The third kappa shape index (κ3) is 5.09. The number of likely N-dealkylation sites (tertiary alicyclic amines) is 1. The molecule has 0 aliphatic carbocycles. The van der Waals surface area contributed by atoms with Crippen LogP contribution in [0.1, 0.15) is 38.0 Å². The average Bonchev–Trinajstić information content (AvgIpc) is 3.30. The number of furan rings is 1. The molecule has 0 spiro atoms. The Bertz CT molecular complexity index is 620. The molecule has 2 aromatic heterocycles. The van der Waals surface area contributed by atoms with Crippen molar-refractivity contribution in [3.63, 3.8) is 0 Å². The van der Waals surface area contributed by atoms with Crippen molar-refractivity contribution in [2.75, 3.05) is 19.6 Å². The van der Waals surface area contributed by atoms with Crippen LogP contribution in [0.15, 0.2) is 41.5 Å². The van der Waals surface area contributed by atoms with E-state index >= 15 is 0 Å². The van der Waals surface area contributed by atoms with E-state index in [9.17, 15) is 4.79 Å². The highest BCUT2D eigenvalue weighted by molar-refractivity contribution is 5.74. The highest BCUT2D eigenvalue weighted by Crippen LogP contribution is 2.24. The van der Waals surface area contributed by atoms with E-state index in [0.717, 1.165) is 18.8 Å². The molecule has 136 valence electrons. The summed E-state index contributed by atoms with van der Waals surface area (Å²) >= 11 is 0. The van der Waals surface area contributed by atoms with Crippen LogP contribution in [0.3, 0.4) is 0 Å². The standard InChI is InChI=1S/C18H27N5O2/c1-15(13-22-10-7-19-14-22)21-18(24)20-12-16(17-6-5-11-25-17)23-8-3-2-4-9-23/h5-7,10-11,14-16H,2-4,8-9,12-13H2,1H3,(H2,20,21,24)/t15-,16+/m0/s1. The molecule has 2 N–H and O–H groups in total. The van der Waals surface area contributed by atoms with Gasteiger partial charge in [-0.25, -0.2) is 9.78 Å². The van der Waals surface area contributed by atoms with Gasteiger partial charge in [0.1, 0.15) is 5.76 Å². The topological polar surface area (TPSA) is 75.3 Å². The molecule has 3 heterocycles. The summed E-state index contributed by atoms with van der Waals surface area (Å²) in [5, 5.41) is 5.98. The van der Waals surface area contributed by atoms with Gasteiger partial charge < -0.3 is 19.6 Å². The Kier molecular flexibility index (Phi) is 6.11. The van der Waals surface area contributed by atoms with Gasteiger partial charge in [0.25, 0.3) is 0 Å². The fraction of sp³-hybridized carbons (Fsp3) is 0.556. The molecule has 0 radical (unpaired) electrons. The second kappa shape index (κ2) is 8.71. The van der Waals surface area contributed by atoms with Gasteiger partial charge in [-0.05, 0) is 45.0 Å². The van der Waals surface area contributed by atoms with Gasteiger partial charge in [-0.1, -0.05) is 6.42 Å². The van der Waals surface area contributed by atoms with Crippen molar-refractivity contribution in [3.8, 4) is 0 Å². The van der Waals surface area contributed by atoms with Crippen molar-refractivity contribution in [2.45, 2.75) is 44.8 Å². The number of urea groups is 1. The van der Waals surface area contributed by atoms with E-state index in [1.807, 2.05) is 29.8 Å². The Morgan fingerprint density at radius 2 is 2.20 bits per heavy atom. The molecule has 3 rings (SSSR count). The molecule has 1 fully saturated rings. The molecule has 7 heteroatoms. The van der Waals surface area contributed by atoms with Crippen LogP contribution in [0.5, 0.6) is 0 Å². The molecule has 7 nitrogen and oxygen atoms in total. The number of carbonyl (C=O) groups is 1. The quantitative estimate of drug-likeness (QED) is 0.808. The number of amides is 2. The smallest absolute Gasteiger partial charge is 0.315 e. The first-order valence-electron chi connectivity index (χ1n) is 9.00. The third-order valence-corrected chi connectivity index (χ3v) is 4.58. The lowest BCUT2D eigenvalue weighted by Crippen LogP contribution is -2.46. The zero-order valence-corrected chi connectivity index (χ0v) is 14.7. The molecule has 0 bridgehead atoms. The van der Waals surface area contributed by atoms with E-state index in [4.69, 9.17) is 4.42 Å². The lowest BCUT2D eigenvalue weighted by Gasteiger charge is -2.33. The zero-order chi connectivity index (χ0) is 17.5. The first-order chi connectivity index (χ1) is 12.2. The van der Waals surface area contributed by atoms with Gasteiger partial charge in [0.2, 0.25) is 0 Å². The van der Waals surface area contributed by atoms with Crippen molar-refractivity contribution in [2.24, 2.45) is 0 Å². The van der Waals surface area contributed by atoms with Crippen LogP contribution in [-0.2, 0) is 6.54 Å². The van der Waals surface area contributed by atoms with Gasteiger partial charge in [0, 0.05) is 31.5 Å². The molecule has 25 heavy (non-hydrogen) atoms. The molecule has 0 unspecified atom stereocenters. The number of aromatic nitrogens is 2. The maximum atomic E-state index is 12.2. The predicted octanol–water partition coefficient (Wildman–Crippen LogP) is 2.39. The predicted molar refractivity (Wildman–Crippen MR) is 95.1 cm³/mol. The minimum Gasteiger partial charge on any atom is -0.468 e. The number of hydrogen-bond acceptors (Lipinski definition) is 4. The molecule has 2 aromatic rings. The normalized spacial score (nSPS) is 17.8. The van der Waals surface area contributed by atoms with Crippen LogP contribution in [0.25, 0.3) is 0 Å². The summed E-state index contributed by atoms with van der Waals surface area (Å²) in [6, 6.07) is 3.84. The lowest BCUT2D eigenvalue weighted by atomic mass is 10.1. The fourth-order valence-electron chi connectivity index (χ4n) is 3.34. The monoisotopic (exact) mass is 345 g/mol. The molecule has 0 aromatic carbocycles. The van der Waals surface area contributed by atoms with Crippen molar-refractivity contribution < 1.29 is 9.21 Å². The van der Waals surface area contributed by atoms with Crippen molar-refractivity contribution in [3.05, 3.63) is 42.9 Å². The highest BCUT2D eigenvalue weighted by Gasteiger charge is 2.25. The Hall–Kier alpha value is -2.28. The van der Waals surface area contributed by atoms with Crippen LogP contribution in [0.2, 0.25) is 0 Å². The summed E-state index contributed by atoms with van der Waals surface area (Å²) < 4.78 is 7.56. The van der Waals surface area contributed by atoms with Crippen LogP contribution in [0.4, 0.5) is 4.79 Å². The van der Waals surface area contributed by atoms with E-state index in [0.29, 0.717) is 13.1 Å². The molecule has 0 saturated carbocycles. The maximum Gasteiger partial charge on any atom is 0.315 e. The van der Waals surface area contributed by atoms with Crippen LogP contribution in [0, 0.1) is 0 Å². The van der Waals surface area contributed by atoms with Gasteiger partial charge in [0.05, 0.1) is 18.6 Å². The lowest BCUT2D eigenvalue weighted by molar-refractivity contribution is 0.143. The SMILES string of the molecule is C[C@@H](Cn1ccnc1)NC(=O)NC[C@H](c1ccco1)N1CCCCC1. The number of nitrogens with one attached hydrogen (secondary N) is 2. The van der Waals surface area contributed by atoms with Gasteiger partial charge >= 0.3 is 6.03 Å². The number of piperidine rings is 1.